The number of carbonyl (C=O) groups is 2. The molecule has 1 aromatic rings. The second-order valence-electron chi connectivity index (χ2n) is 3.56. The van der Waals surface area contributed by atoms with Gasteiger partial charge < -0.3 is 14.9 Å². The average molecular weight is 262 g/mol. The standard InChI is InChI=1S/C10H5F3O5/c11-10(12,13)9(17)6-4(7(14)15)2-1-3-5(6)8(16)18-9/h1-3,17H,(H,14,15). The number of hydrogen-bond donors (Lipinski definition) is 2. The predicted molar refractivity (Wildman–Crippen MR) is 48.8 cm³/mol. The Labute approximate surface area is 97.4 Å². The average Bonchev–Trinajstić information content (AvgIpc) is 2.52. The van der Waals surface area contributed by atoms with E-state index in [0.717, 1.165) is 18.2 Å². The van der Waals surface area contributed by atoms with Crippen LogP contribution in [0.4, 0.5) is 13.2 Å². The van der Waals surface area contributed by atoms with E-state index in [2.05, 4.69) is 4.74 Å². The molecule has 1 heterocycles. The lowest BCUT2D eigenvalue weighted by molar-refractivity contribution is -0.349. The van der Waals surface area contributed by atoms with Gasteiger partial charge in [-0.05, 0) is 12.1 Å². The summed E-state index contributed by atoms with van der Waals surface area (Å²) in [5, 5.41) is 18.2. The zero-order valence-corrected chi connectivity index (χ0v) is 8.49. The van der Waals surface area contributed by atoms with Crippen LogP contribution in [-0.4, -0.2) is 28.3 Å². The summed E-state index contributed by atoms with van der Waals surface area (Å²) in [4.78, 5) is 22.1. The van der Waals surface area contributed by atoms with Crippen LogP contribution in [0.25, 0.3) is 0 Å². The molecule has 0 amide bonds. The minimum Gasteiger partial charge on any atom is -0.478 e. The van der Waals surface area contributed by atoms with Crippen molar-refractivity contribution in [3.05, 3.63) is 34.9 Å². The van der Waals surface area contributed by atoms with Gasteiger partial charge in [0, 0.05) is 0 Å². The molecule has 0 spiro atoms. The summed E-state index contributed by atoms with van der Waals surface area (Å²) in [5.41, 5.74) is -2.54. The number of aliphatic hydroxyl groups is 1. The summed E-state index contributed by atoms with van der Waals surface area (Å²) in [6.45, 7) is 0. The van der Waals surface area contributed by atoms with Crippen molar-refractivity contribution in [1.29, 1.82) is 0 Å². The van der Waals surface area contributed by atoms with Gasteiger partial charge in [0.1, 0.15) is 0 Å². The lowest BCUT2D eigenvalue weighted by Gasteiger charge is -2.25. The van der Waals surface area contributed by atoms with Gasteiger partial charge in [0.05, 0.1) is 16.7 Å². The van der Waals surface area contributed by atoms with Crippen molar-refractivity contribution in [2.75, 3.05) is 0 Å². The first-order valence-electron chi connectivity index (χ1n) is 4.57. The molecule has 0 radical (unpaired) electrons. The molecule has 2 rings (SSSR count). The third-order valence-electron chi connectivity index (χ3n) is 2.48. The van der Waals surface area contributed by atoms with E-state index in [1.54, 1.807) is 0 Å². The summed E-state index contributed by atoms with van der Waals surface area (Å²) < 4.78 is 42.1. The number of carbonyl (C=O) groups excluding carboxylic acids is 1. The van der Waals surface area contributed by atoms with Crippen molar-refractivity contribution in [3.8, 4) is 0 Å². The number of fused-ring (bicyclic) bond motifs is 1. The van der Waals surface area contributed by atoms with Crippen molar-refractivity contribution >= 4 is 11.9 Å². The van der Waals surface area contributed by atoms with Gasteiger partial charge in [-0.25, -0.2) is 9.59 Å². The number of halogens is 3. The molecule has 0 aromatic heterocycles. The normalized spacial score (nSPS) is 22.6. The van der Waals surface area contributed by atoms with Crippen LogP contribution in [0, 0.1) is 0 Å². The summed E-state index contributed by atoms with van der Waals surface area (Å²) in [5.74, 6) is -7.05. The molecule has 1 aromatic carbocycles. The van der Waals surface area contributed by atoms with Gasteiger partial charge in [-0.15, -0.1) is 0 Å². The fraction of sp³-hybridized carbons (Fsp3) is 0.200. The minimum atomic E-state index is -5.33. The number of cyclic esters (lactones) is 1. The Morgan fingerprint density at radius 1 is 1.33 bits per heavy atom. The highest BCUT2D eigenvalue weighted by molar-refractivity contribution is 6.00. The number of benzene rings is 1. The van der Waals surface area contributed by atoms with Gasteiger partial charge >= 0.3 is 23.9 Å². The number of carboxylic acids is 1. The smallest absolute Gasteiger partial charge is 0.460 e. The van der Waals surface area contributed by atoms with Crippen LogP contribution in [0.5, 0.6) is 0 Å². The molecule has 0 aliphatic carbocycles. The van der Waals surface area contributed by atoms with E-state index in [4.69, 9.17) is 5.11 Å². The van der Waals surface area contributed by atoms with Crippen LogP contribution in [-0.2, 0) is 10.5 Å². The molecule has 0 saturated heterocycles. The number of esters is 1. The van der Waals surface area contributed by atoms with Crippen molar-refractivity contribution < 1.29 is 37.7 Å². The molecule has 1 aliphatic rings. The van der Waals surface area contributed by atoms with Gasteiger partial charge in [0.25, 0.3) is 0 Å². The molecule has 0 saturated carbocycles. The molecule has 96 valence electrons. The van der Waals surface area contributed by atoms with Crippen LogP contribution in [0.15, 0.2) is 18.2 Å². The van der Waals surface area contributed by atoms with E-state index in [-0.39, 0.29) is 0 Å². The Kier molecular flexibility index (Phi) is 2.37. The largest absolute Gasteiger partial charge is 0.478 e. The van der Waals surface area contributed by atoms with E-state index in [0.29, 0.717) is 0 Å². The van der Waals surface area contributed by atoms with Crippen LogP contribution in [0.1, 0.15) is 26.3 Å². The number of ether oxygens (including phenoxy) is 1. The Hall–Kier alpha value is -2.09. The maximum atomic E-state index is 12.7. The van der Waals surface area contributed by atoms with Gasteiger partial charge in [0.15, 0.2) is 0 Å². The molecule has 1 aliphatic heterocycles. The Bertz CT molecular complexity index is 551. The molecule has 0 fully saturated rings. The van der Waals surface area contributed by atoms with Gasteiger partial charge in [-0.3, -0.25) is 0 Å². The van der Waals surface area contributed by atoms with Crippen molar-refractivity contribution in [3.63, 3.8) is 0 Å². The number of alkyl halides is 3. The highest BCUT2D eigenvalue weighted by Gasteiger charge is 2.65. The molecule has 1 unspecified atom stereocenters. The number of carboxylic acid groups (broad SMARTS) is 1. The molecule has 1 atom stereocenters. The minimum absolute atomic E-state index is 0.616. The molecule has 5 nitrogen and oxygen atoms in total. The van der Waals surface area contributed by atoms with Gasteiger partial charge in [-0.1, -0.05) is 6.07 Å². The van der Waals surface area contributed by atoms with Gasteiger partial charge in [0.2, 0.25) is 0 Å². The first-order chi connectivity index (χ1) is 8.18. The fourth-order valence-corrected chi connectivity index (χ4v) is 1.71. The number of rotatable bonds is 1. The second kappa shape index (κ2) is 3.45. The van der Waals surface area contributed by atoms with Crippen LogP contribution in [0.2, 0.25) is 0 Å². The monoisotopic (exact) mass is 262 g/mol. The first-order valence-corrected chi connectivity index (χ1v) is 4.57. The zero-order chi connectivity index (χ0) is 13.7. The third-order valence-corrected chi connectivity index (χ3v) is 2.48. The topological polar surface area (TPSA) is 83.8 Å². The van der Waals surface area contributed by atoms with Gasteiger partial charge in [-0.2, -0.15) is 13.2 Å². The molecular formula is C10H5F3O5. The number of hydrogen-bond acceptors (Lipinski definition) is 4. The summed E-state index contributed by atoms with van der Waals surface area (Å²) in [6.07, 6.45) is -5.33. The van der Waals surface area contributed by atoms with E-state index in [9.17, 15) is 27.9 Å². The van der Waals surface area contributed by atoms with Crippen molar-refractivity contribution in [2.45, 2.75) is 12.0 Å². The Morgan fingerprint density at radius 2 is 1.94 bits per heavy atom. The fourth-order valence-electron chi connectivity index (χ4n) is 1.71. The second-order valence-corrected chi connectivity index (χ2v) is 3.56. The van der Waals surface area contributed by atoms with E-state index < -0.39 is 40.6 Å². The van der Waals surface area contributed by atoms with Crippen molar-refractivity contribution in [2.24, 2.45) is 0 Å². The molecule has 2 N–H and O–H groups in total. The zero-order valence-electron chi connectivity index (χ0n) is 8.49. The highest BCUT2D eigenvalue weighted by atomic mass is 19.4. The summed E-state index contributed by atoms with van der Waals surface area (Å²) in [7, 11) is 0. The molecule has 18 heavy (non-hydrogen) atoms. The Balaban J connectivity index is 2.78. The maximum Gasteiger partial charge on any atom is 0.460 e. The molecule has 8 heteroatoms. The molecular weight excluding hydrogens is 257 g/mol. The predicted octanol–water partition coefficient (Wildman–Crippen LogP) is 1.26. The third kappa shape index (κ3) is 1.46. The van der Waals surface area contributed by atoms with E-state index >= 15 is 0 Å². The Morgan fingerprint density at radius 3 is 2.44 bits per heavy atom. The quantitative estimate of drug-likeness (QED) is 0.744. The summed E-state index contributed by atoms with van der Waals surface area (Å²) >= 11 is 0. The van der Waals surface area contributed by atoms with Crippen LogP contribution in [0.3, 0.4) is 0 Å². The van der Waals surface area contributed by atoms with E-state index in [1.165, 1.54) is 0 Å². The van der Waals surface area contributed by atoms with Crippen molar-refractivity contribution in [1.82, 2.24) is 0 Å². The highest BCUT2D eigenvalue weighted by Crippen LogP contribution is 2.47. The first kappa shape index (κ1) is 12.4. The lowest BCUT2D eigenvalue weighted by atomic mass is 9.95. The lowest BCUT2D eigenvalue weighted by Crippen LogP contribution is -2.43. The number of aromatic carboxylic acids is 1. The molecule has 0 bridgehead atoms. The summed E-state index contributed by atoms with van der Waals surface area (Å²) in [6, 6.07) is 2.89. The maximum absolute atomic E-state index is 12.7. The van der Waals surface area contributed by atoms with Crippen LogP contribution >= 0.6 is 0 Å². The SMILES string of the molecule is O=C(O)c1cccc2c1C(O)(C(F)(F)F)OC2=O. The van der Waals surface area contributed by atoms with Crippen LogP contribution < -0.4 is 0 Å². The van der Waals surface area contributed by atoms with E-state index in [1.807, 2.05) is 0 Å².